The van der Waals surface area contributed by atoms with Crippen LogP contribution in [0, 0.1) is 11.6 Å². The van der Waals surface area contributed by atoms with Crippen molar-refractivity contribution in [3.05, 3.63) is 64.7 Å². The number of rotatable bonds is 3. The third-order valence-electron chi connectivity index (χ3n) is 5.85. The third-order valence-corrected chi connectivity index (χ3v) is 6.09. The van der Waals surface area contributed by atoms with Crippen molar-refractivity contribution in [3.8, 4) is 0 Å². The molecule has 2 saturated heterocycles. The Hall–Kier alpha value is -2.18. The van der Waals surface area contributed by atoms with Gasteiger partial charge in [-0.05, 0) is 49.2 Å². The van der Waals surface area contributed by atoms with Crippen LogP contribution in [0.15, 0.2) is 42.5 Å². The molecule has 7 heteroatoms. The summed E-state index contributed by atoms with van der Waals surface area (Å²) in [5, 5.41) is 0.739. The molecule has 0 radical (unpaired) electrons. The van der Waals surface area contributed by atoms with Gasteiger partial charge in [-0.2, -0.15) is 0 Å². The molecule has 2 fully saturated rings. The summed E-state index contributed by atoms with van der Waals surface area (Å²) < 4.78 is 26.7. The number of halogens is 3. The lowest BCUT2D eigenvalue weighted by Gasteiger charge is -2.44. The first-order valence-electron chi connectivity index (χ1n) is 10.00. The third kappa shape index (κ3) is 4.54. The van der Waals surface area contributed by atoms with Gasteiger partial charge in [0.05, 0.1) is 0 Å². The van der Waals surface area contributed by atoms with Crippen LogP contribution in [0.1, 0.15) is 23.2 Å². The Morgan fingerprint density at radius 3 is 2.48 bits per heavy atom. The Bertz CT molecular complexity index is 886. The van der Waals surface area contributed by atoms with Gasteiger partial charge >= 0.3 is 0 Å². The summed E-state index contributed by atoms with van der Waals surface area (Å²) in [6.07, 6.45) is 1.95. The maximum atomic E-state index is 13.5. The van der Waals surface area contributed by atoms with E-state index in [1.807, 2.05) is 18.2 Å². The SMILES string of the molecule is O=C(c1ccc(F)c(F)c1)N1CCCC(N2CCN(c3cccc(Cl)c3)CC2)C1. The van der Waals surface area contributed by atoms with Gasteiger partial charge < -0.3 is 9.80 Å². The lowest BCUT2D eigenvalue weighted by molar-refractivity contribution is 0.0563. The van der Waals surface area contributed by atoms with Gasteiger partial charge in [0.1, 0.15) is 0 Å². The number of piperazine rings is 1. The Balaban J connectivity index is 1.36. The Labute approximate surface area is 174 Å². The number of hydrogen-bond acceptors (Lipinski definition) is 3. The normalized spacial score (nSPS) is 20.7. The van der Waals surface area contributed by atoms with E-state index < -0.39 is 11.6 Å². The number of benzene rings is 2. The highest BCUT2D eigenvalue weighted by Gasteiger charge is 2.30. The number of carbonyl (C=O) groups excluding carboxylic acids is 1. The summed E-state index contributed by atoms with van der Waals surface area (Å²) in [4.78, 5) is 19.3. The number of likely N-dealkylation sites (tertiary alicyclic amines) is 1. The predicted molar refractivity (Wildman–Crippen MR) is 111 cm³/mol. The first kappa shape index (κ1) is 20.1. The maximum Gasteiger partial charge on any atom is 0.254 e. The molecule has 0 saturated carbocycles. The molecule has 2 aliphatic rings. The number of piperidine rings is 1. The van der Waals surface area contributed by atoms with E-state index >= 15 is 0 Å². The summed E-state index contributed by atoms with van der Waals surface area (Å²) in [7, 11) is 0. The van der Waals surface area contributed by atoms with E-state index in [0.717, 1.165) is 61.9 Å². The Kier molecular flexibility index (Phi) is 6.01. The van der Waals surface area contributed by atoms with Crippen LogP contribution in [0.5, 0.6) is 0 Å². The van der Waals surface area contributed by atoms with Gasteiger partial charge in [0.15, 0.2) is 11.6 Å². The first-order chi connectivity index (χ1) is 14.0. The molecule has 29 heavy (non-hydrogen) atoms. The average Bonchev–Trinajstić information content (AvgIpc) is 2.75. The van der Waals surface area contributed by atoms with Crippen LogP contribution < -0.4 is 4.90 Å². The van der Waals surface area contributed by atoms with Crippen molar-refractivity contribution >= 4 is 23.2 Å². The molecule has 2 aromatic rings. The highest BCUT2D eigenvalue weighted by Crippen LogP contribution is 2.24. The van der Waals surface area contributed by atoms with Crippen molar-refractivity contribution < 1.29 is 13.6 Å². The average molecular weight is 420 g/mol. The summed E-state index contributed by atoms with van der Waals surface area (Å²) in [6, 6.07) is 11.6. The van der Waals surface area contributed by atoms with Gasteiger partial charge in [0.2, 0.25) is 0 Å². The standard InChI is InChI=1S/C22H24ClF2N3O/c23-17-3-1-4-18(14-17)26-9-11-27(12-10-26)19-5-2-8-28(15-19)22(29)16-6-7-20(24)21(25)13-16/h1,3-4,6-7,13-14,19H,2,5,8-12,15H2. The van der Waals surface area contributed by atoms with Gasteiger partial charge in [-0.3, -0.25) is 9.69 Å². The zero-order valence-electron chi connectivity index (χ0n) is 16.2. The molecule has 1 amide bonds. The molecule has 4 nitrogen and oxygen atoms in total. The van der Waals surface area contributed by atoms with Crippen molar-refractivity contribution in [1.29, 1.82) is 0 Å². The van der Waals surface area contributed by atoms with Gasteiger partial charge in [-0.25, -0.2) is 8.78 Å². The zero-order valence-corrected chi connectivity index (χ0v) is 16.9. The van der Waals surface area contributed by atoms with Crippen LogP contribution in [0.4, 0.5) is 14.5 Å². The fourth-order valence-corrected chi connectivity index (χ4v) is 4.45. The molecule has 154 valence electrons. The molecule has 0 bridgehead atoms. The molecule has 1 unspecified atom stereocenters. The number of amides is 1. The van der Waals surface area contributed by atoms with Crippen LogP contribution in [-0.4, -0.2) is 61.0 Å². The molecule has 0 spiro atoms. The van der Waals surface area contributed by atoms with Crippen molar-refractivity contribution in [2.24, 2.45) is 0 Å². The van der Waals surface area contributed by atoms with Crippen LogP contribution in [0.25, 0.3) is 0 Å². The van der Waals surface area contributed by atoms with E-state index in [2.05, 4.69) is 15.9 Å². The first-order valence-corrected chi connectivity index (χ1v) is 10.4. The van der Waals surface area contributed by atoms with E-state index in [4.69, 9.17) is 11.6 Å². The van der Waals surface area contributed by atoms with Gasteiger partial charge in [-0.15, -0.1) is 0 Å². The maximum absolute atomic E-state index is 13.5. The van der Waals surface area contributed by atoms with Crippen molar-refractivity contribution in [3.63, 3.8) is 0 Å². The molecular formula is C22H24ClF2N3O. The molecule has 2 heterocycles. The summed E-state index contributed by atoms with van der Waals surface area (Å²) in [5.41, 5.74) is 1.34. The lowest BCUT2D eigenvalue weighted by Crippen LogP contribution is -2.55. The van der Waals surface area contributed by atoms with Crippen molar-refractivity contribution in [1.82, 2.24) is 9.80 Å². The van der Waals surface area contributed by atoms with E-state index in [1.54, 1.807) is 4.90 Å². The number of nitrogens with zero attached hydrogens (tertiary/aromatic N) is 3. The molecule has 1 atom stereocenters. The number of carbonyl (C=O) groups is 1. The van der Waals surface area contributed by atoms with E-state index in [9.17, 15) is 13.6 Å². The second-order valence-electron chi connectivity index (χ2n) is 7.68. The predicted octanol–water partition coefficient (Wildman–Crippen LogP) is 4.05. The van der Waals surface area contributed by atoms with E-state index in [0.29, 0.717) is 19.1 Å². The summed E-state index contributed by atoms with van der Waals surface area (Å²) in [5.74, 6) is -2.15. The summed E-state index contributed by atoms with van der Waals surface area (Å²) >= 11 is 6.11. The number of hydrogen-bond donors (Lipinski definition) is 0. The fourth-order valence-electron chi connectivity index (χ4n) is 4.27. The van der Waals surface area contributed by atoms with Gasteiger partial charge in [-0.1, -0.05) is 17.7 Å². The highest BCUT2D eigenvalue weighted by molar-refractivity contribution is 6.30. The van der Waals surface area contributed by atoms with Crippen LogP contribution in [0.3, 0.4) is 0 Å². The minimum absolute atomic E-state index is 0.204. The fraction of sp³-hybridized carbons (Fsp3) is 0.409. The second kappa shape index (κ2) is 8.67. The largest absolute Gasteiger partial charge is 0.369 e. The smallest absolute Gasteiger partial charge is 0.254 e. The quantitative estimate of drug-likeness (QED) is 0.751. The topological polar surface area (TPSA) is 26.8 Å². The van der Waals surface area contributed by atoms with E-state index in [1.165, 1.54) is 6.07 Å². The highest BCUT2D eigenvalue weighted by atomic mass is 35.5. The summed E-state index contributed by atoms with van der Waals surface area (Å²) in [6.45, 7) is 4.93. The minimum atomic E-state index is -0.985. The molecule has 2 aromatic carbocycles. The van der Waals surface area contributed by atoms with Crippen molar-refractivity contribution in [2.75, 3.05) is 44.2 Å². The monoisotopic (exact) mass is 419 g/mol. The van der Waals surface area contributed by atoms with Crippen molar-refractivity contribution in [2.45, 2.75) is 18.9 Å². The lowest BCUT2D eigenvalue weighted by atomic mass is 10.0. The molecule has 0 aromatic heterocycles. The molecule has 4 rings (SSSR count). The van der Waals surface area contributed by atoms with Crippen LogP contribution in [-0.2, 0) is 0 Å². The minimum Gasteiger partial charge on any atom is -0.369 e. The molecular weight excluding hydrogens is 396 g/mol. The van der Waals surface area contributed by atoms with Crippen LogP contribution in [0.2, 0.25) is 5.02 Å². The molecule has 0 N–H and O–H groups in total. The van der Waals surface area contributed by atoms with Gasteiger partial charge in [0.25, 0.3) is 5.91 Å². The Morgan fingerprint density at radius 1 is 0.966 bits per heavy atom. The second-order valence-corrected chi connectivity index (χ2v) is 8.12. The Morgan fingerprint density at radius 2 is 1.76 bits per heavy atom. The zero-order chi connectivity index (χ0) is 20.4. The van der Waals surface area contributed by atoms with E-state index in [-0.39, 0.29) is 11.5 Å². The van der Waals surface area contributed by atoms with Gasteiger partial charge in [0, 0.05) is 61.6 Å². The number of anilines is 1. The molecule has 2 aliphatic heterocycles. The van der Waals surface area contributed by atoms with Crippen LogP contribution >= 0.6 is 11.6 Å². The molecule has 0 aliphatic carbocycles.